The third kappa shape index (κ3) is 4.66. The van der Waals surface area contributed by atoms with Crippen LogP contribution in [0.15, 0.2) is 48.5 Å². The monoisotopic (exact) mass is 326 g/mol. The largest absolute Gasteiger partial charge is 0.494 e. The Morgan fingerprint density at radius 3 is 2.17 bits per heavy atom. The Bertz CT molecular complexity index is 628. The van der Waals surface area contributed by atoms with Gasteiger partial charge in [0.2, 0.25) is 0 Å². The fourth-order valence-corrected chi connectivity index (χ4v) is 2.67. The van der Waals surface area contributed by atoms with E-state index in [1.54, 1.807) is 0 Å². The van der Waals surface area contributed by atoms with Crippen molar-refractivity contribution >= 4 is 6.29 Å². The summed E-state index contributed by atoms with van der Waals surface area (Å²) in [6.07, 6.45) is 3.78. The molecule has 1 fully saturated rings. The number of carbonyl (C=O) groups excluding carboxylic acids is 1. The van der Waals surface area contributed by atoms with Crippen molar-refractivity contribution < 1.29 is 19.0 Å². The van der Waals surface area contributed by atoms with Crippen molar-refractivity contribution in [2.75, 3.05) is 19.8 Å². The highest BCUT2D eigenvalue weighted by atomic mass is 16.7. The lowest BCUT2D eigenvalue weighted by Gasteiger charge is -2.10. The van der Waals surface area contributed by atoms with E-state index in [2.05, 4.69) is 0 Å². The molecule has 4 nitrogen and oxygen atoms in total. The van der Waals surface area contributed by atoms with Crippen LogP contribution >= 0.6 is 0 Å². The van der Waals surface area contributed by atoms with Gasteiger partial charge in [-0.05, 0) is 42.5 Å². The van der Waals surface area contributed by atoms with E-state index < -0.39 is 0 Å². The van der Waals surface area contributed by atoms with Gasteiger partial charge in [-0.25, -0.2) is 0 Å². The summed E-state index contributed by atoms with van der Waals surface area (Å²) < 4.78 is 16.6. The molecular formula is C20H22O4. The maximum absolute atomic E-state index is 10.7. The molecule has 0 aromatic heterocycles. The van der Waals surface area contributed by atoms with Crippen LogP contribution in [0.5, 0.6) is 5.75 Å². The molecule has 1 aliphatic heterocycles. The predicted molar refractivity (Wildman–Crippen MR) is 92.3 cm³/mol. The number of hydrogen-bond donors (Lipinski definition) is 0. The Kier molecular flexibility index (Phi) is 5.99. The average Bonchev–Trinajstić information content (AvgIpc) is 3.16. The van der Waals surface area contributed by atoms with Gasteiger partial charge in [0.1, 0.15) is 12.0 Å². The summed E-state index contributed by atoms with van der Waals surface area (Å²) >= 11 is 0. The molecule has 0 amide bonds. The Labute approximate surface area is 142 Å². The molecule has 126 valence electrons. The van der Waals surface area contributed by atoms with E-state index in [-0.39, 0.29) is 6.29 Å². The average molecular weight is 326 g/mol. The Hall–Kier alpha value is -2.17. The summed E-state index contributed by atoms with van der Waals surface area (Å²) in [7, 11) is 0. The SMILES string of the molecule is O=Cc1ccc(-c2ccc(OCCCCC3OCCO3)cc2)cc1. The first-order chi connectivity index (χ1) is 11.8. The van der Waals surface area contributed by atoms with Gasteiger partial charge in [0, 0.05) is 5.56 Å². The number of benzene rings is 2. The van der Waals surface area contributed by atoms with Crippen molar-refractivity contribution in [3.8, 4) is 16.9 Å². The lowest BCUT2D eigenvalue weighted by molar-refractivity contribution is -0.0482. The maximum atomic E-state index is 10.7. The number of rotatable bonds is 8. The number of aldehydes is 1. The van der Waals surface area contributed by atoms with Gasteiger partial charge in [-0.1, -0.05) is 36.4 Å². The molecule has 1 saturated heterocycles. The molecule has 0 spiro atoms. The second-order valence-electron chi connectivity index (χ2n) is 5.78. The van der Waals surface area contributed by atoms with E-state index in [1.165, 1.54) is 0 Å². The molecule has 0 unspecified atom stereocenters. The first-order valence-electron chi connectivity index (χ1n) is 8.37. The van der Waals surface area contributed by atoms with E-state index in [0.717, 1.165) is 42.4 Å². The van der Waals surface area contributed by atoms with Crippen molar-refractivity contribution in [3.05, 3.63) is 54.1 Å². The predicted octanol–water partition coefficient (Wildman–Crippen LogP) is 4.09. The Balaban J connectivity index is 1.43. The summed E-state index contributed by atoms with van der Waals surface area (Å²) in [5.41, 5.74) is 2.88. The Morgan fingerprint density at radius 1 is 0.917 bits per heavy atom. The lowest BCUT2D eigenvalue weighted by atomic mass is 10.0. The van der Waals surface area contributed by atoms with Crippen LogP contribution in [-0.4, -0.2) is 32.4 Å². The molecule has 4 heteroatoms. The second-order valence-corrected chi connectivity index (χ2v) is 5.78. The van der Waals surface area contributed by atoms with Gasteiger partial charge >= 0.3 is 0 Å². The third-order valence-electron chi connectivity index (χ3n) is 4.03. The molecule has 0 bridgehead atoms. The topological polar surface area (TPSA) is 44.8 Å². The van der Waals surface area contributed by atoms with Crippen LogP contribution in [0.3, 0.4) is 0 Å². The van der Waals surface area contributed by atoms with Gasteiger partial charge in [0.05, 0.1) is 19.8 Å². The van der Waals surface area contributed by atoms with Crippen LogP contribution in [0, 0.1) is 0 Å². The van der Waals surface area contributed by atoms with Gasteiger partial charge in [0.15, 0.2) is 6.29 Å². The lowest BCUT2D eigenvalue weighted by Crippen LogP contribution is -2.08. The molecule has 3 rings (SSSR count). The van der Waals surface area contributed by atoms with E-state index in [0.29, 0.717) is 25.4 Å². The van der Waals surface area contributed by atoms with Gasteiger partial charge in [-0.15, -0.1) is 0 Å². The van der Waals surface area contributed by atoms with E-state index in [1.807, 2.05) is 48.5 Å². The highest BCUT2D eigenvalue weighted by Crippen LogP contribution is 2.23. The number of carbonyl (C=O) groups is 1. The van der Waals surface area contributed by atoms with Crippen LogP contribution in [0.2, 0.25) is 0 Å². The van der Waals surface area contributed by atoms with Crippen molar-refractivity contribution in [1.82, 2.24) is 0 Å². The minimum absolute atomic E-state index is 0.0186. The molecule has 0 aliphatic carbocycles. The van der Waals surface area contributed by atoms with E-state index >= 15 is 0 Å². The van der Waals surface area contributed by atoms with Crippen molar-refractivity contribution in [1.29, 1.82) is 0 Å². The summed E-state index contributed by atoms with van der Waals surface area (Å²) in [6, 6.07) is 15.6. The highest BCUT2D eigenvalue weighted by Gasteiger charge is 2.14. The third-order valence-corrected chi connectivity index (χ3v) is 4.03. The van der Waals surface area contributed by atoms with Gasteiger partial charge in [-0.2, -0.15) is 0 Å². The standard InChI is InChI=1S/C20H22O4/c21-15-16-4-6-17(7-5-16)18-8-10-19(11-9-18)22-12-2-1-3-20-23-13-14-24-20/h4-11,15,20H,1-3,12-14H2. The first-order valence-corrected chi connectivity index (χ1v) is 8.37. The fraction of sp³-hybridized carbons (Fsp3) is 0.350. The van der Waals surface area contributed by atoms with Gasteiger partial charge in [-0.3, -0.25) is 4.79 Å². The zero-order valence-corrected chi connectivity index (χ0v) is 13.6. The van der Waals surface area contributed by atoms with Gasteiger partial charge < -0.3 is 14.2 Å². The van der Waals surface area contributed by atoms with Gasteiger partial charge in [0.25, 0.3) is 0 Å². The number of unbranched alkanes of at least 4 members (excludes halogenated alkanes) is 1. The minimum Gasteiger partial charge on any atom is -0.494 e. The van der Waals surface area contributed by atoms with Crippen molar-refractivity contribution in [3.63, 3.8) is 0 Å². The first kappa shape index (κ1) is 16.7. The van der Waals surface area contributed by atoms with Crippen LogP contribution in [0.25, 0.3) is 11.1 Å². The smallest absolute Gasteiger partial charge is 0.157 e. The molecular weight excluding hydrogens is 304 g/mol. The zero-order valence-electron chi connectivity index (χ0n) is 13.6. The molecule has 0 saturated carbocycles. The molecule has 0 radical (unpaired) electrons. The molecule has 1 heterocycles. The normalized spacial score (nSPS) is 14.7. The minimum atomic E-state index is -0.0186. The van der Waals surface area contributed by atoms with E-state index in [9.17, 15) is 4.79 Å². The number of ether oxygens (including phenoxy) is 3. The van der Waals surface area contributed by atoms with Crippen LogP contribution < -0.4 is 4.74 Å². The molecule has 24 heavy (non-hydrogen) atoms. The van der Waals surface area contributed by atoms with E-state index in [4.69, 9.17) is 14.2 Å². The van der Waals surface area contributed by atoms with Crippen LogP contribution in [0.4, 0.5) is 0 Å². The van der Waals surface area contributed by atoms with Crippen molar-refractivity contribution in [2.45, 2.75) is 25.6 Å². The summed E-state index contributed by atoms with van der Waals surface area (Å²) in [4.78, 5) is 10.7. The Morgan fingerprint density at radius 2 is 1.54 bits per heavy atom. The molecule has 0 atom stereocenters. The molecule has 1 aliphatic rings. The molecule has 0 N–H and O–H groups in total. The molecule has 2 aromatic rings. The number of hydrogen-bond acceptors (Lipinski definition) is 4. The summed E-state index contributed by atoms with van der Waals surface area (Å²) in [6.45, 7) is 2.12. The van der Waals surface area contributed by atoms with Crippen LogP contribution in [-0.2, 0) is 9.47 Å². The summed E-state index contributed by atoms with van der Waals surface area (Å²) in [5.74, 6) is 0.872. The highest BCUT2D eigenvalue weighted by molar-refractivity contribution is 5.76. The van der Waals surface area contributed by atoms with Crippen LogP contribution in [0.1, 0.15) is 29.6 Å². The quantitative estimate of drug-likeness (QED) is 0.541. The zero-order chi connectivity index (χ0) is 16.6. The summed E-state index contributed by atoms with van der Waals surface area (Å²) in [5, 5.41) is 0. The molecule has 2 aromatic carbocycles. The maximum Gasteiger partial charge on any atom is 0.157 e. The fourth-order valence-electron chi connectivity index (χ4n) is 2.67. The second kappa shape index (κ2) is 8.62. The van der Waals surface area contributed by atoms with Crippen molar-refractivity contribution in [2.24, 2.45) is 0 Å².